The Balaban J connectivity index is 1.88. The third-order valence-electron chi connectivity index (χ3n) is 3.06. The van der Waals surface area contributed by atoms with E-state index < -0.39 is 0 Å². The Kier molecular flexibility index (Phi) is 4.49. The molecule has 1 aliphatic heterocycles. The van der Waals surface area contributed by atoms with E-state index in [-0.39, 0.29) is 12.5 Å². The molecular weight excluding hydrogens is 254 g/mol. The van der Waals surface area contributed by atoms with Gasteiger partial charge >= 0.3 is 0 Å². The standard InChI is InChI=1S/C12H16ClN3O2/c1-18-8-12(17)16-3-2-9(7-16)4-10-5-14-6-11(13)15-10/h5-6,9H,2-4,7-8H2,1H3. The number of hydrogen-bond donors (Lipinski definition) is 0. The lowest BCUT2D eigenvalue weighted by Gasteiger charge is -2.15. The molecular formula is C12H16ClN3O2. The number of halogens is 1. The maximum atomic E-state index is 11.6. The van der Waals surface area contributed by atoms with E-state index in [4.69, 9.17) is 16.3 Å². The normalized spacial score (nSPS) is 19.2. The van der Waals surface area contributed by atoms with Gasteiger partial charge in [0.05, 0.1) is 11.9 Å². The molecule has 2 heterocycles. The first-order chi connectivity index (χ1) is 8.69. The largest absolute Gasteiger partial charge is 0.375 e. The van der Waals surface area contributed by atoms with E-state index >= 15 is 0 Å². The molecule has 0 N–H and O–H groups in total. The third kappa shape index (κ3) is 3.40. The van der Waals surface area contributed by atoms with Gasteiger partial charge in [-0.3, -0.25) is 9.78 Å². The minimum absolute atomic E-state index is 0.0529. The van der Waals surface area contributed by atoms with Gasteiger partial charge in [0, 0.05) is 26.4 Å². The van der Waals surface area contributed by atoms with Crippen molar-refractivity contribution in [3.8, 4) is 0 Å². The van der Waals surface area contributed by atoms with Crippen LogP contribution in [0.4, 0.5) is 0 Å². The van der Waals surface area contributed by atoms with Gasteiger partial charge in [-0.2, -0.15) is 0 Å². The van der Waals surface area contributed by atoms with Crippen molar-refractivity contribution in [1.29, 1.82) is 0 Å². The Labute approximate surface area is 111 Å². The Morgan fingerprint density at radius 1 is 1.61 bits per heavy atom. The van der Waals surface area contributed by atoms with Crippen LogP contribution in [0.3, 0.4) is 0 Å². The fourth-order valence-electron chi connectivity index (χ4n) is 2.21. The van der Waals surface area contributed by atoms with Gasteiger partial charge < -0.3 is 9.64 Å². The molecule has 0 bridgehead atoms. The predicted molar refractivity (Wildman–Crippen MR) is 67.3 cm³/mol. The number of hydrogen-bond acceptors (Lipinski definition) is 4. The van der Waals surface area contributed by atoms with Crippen molar-refractivity contribution in [2.24, 2.45) is 5.92 Å². The monoisotopic (exact) mass is 269 g/mol. The average Bonchev–Trinajstić information content (AvgIpc) is 2.78. The Morgan fingerprint density at radius 2 is 2.44 bits per heavy atom. The smallest absolute Gasteiger partial charge is 0.248 e. The van der Waals surface area contributed by atoms with Gasteiger partial charge in [0.15, 0.2) is 0 Å². The van der Waals surface area contributed by atoms with Gasteiger partial charge in [-0.05, 0) is 18.8 Å². The van der Waals surface area contributed by atoms with Gasteiger partial charge in [-0.25, -0.2) is 4.98 Å². The summed E-state index contributed by atoms with van der Waals surface area (Å²) in [7, 11) is 1.53. The van der Waals surface area contributed by atoms with E-state index in [2.05, 4.69) is 9.97 Å². The summed E-state index contributed by atoms with van der Waals surface area (Å²) in [5, 5.41) is 0.415. The van der Waals surface area contributed by atoms with Crippen LogP contribution in [0.5, 0.6) is 0 Å². The van der Waals surface area contributed by atoms with E-state index in [1.54, 1.807) is 6.20 Å². The Hall–Kier alpha value is -1.20. The van der Waals surface area contributed by atoms with Crippen molar-refractivity contribution in [3.05, 3.63) is 23.2 Å². The second kappa shape index (κ2) is 6.11. The zero-order valence-electron chi connectivity index (χ0n) is 10.3. The van der Waals surface area contributed by atoms with Crippen LogP contribution in [0.15, 0.2) is 12.4 Å². The summed E-state index contributed by atoms with van der Waals surface area (Å²) in [4.78, 5) is 21.7. The molecule has 1 fully saturated rings. The number of ether oxygens (including phenoxy) is 1. The molecule has 1 unspecified atom stereocenters. The molecule has 2 rings (SSSR count). The molecule has 0 radical (unpaired) electrons. The molecule has 18 heavy (non-hydrogen) atoms. The fraction of sp³-hybridized carbons (Fsp3) is 0.583. The highest BCUT2D eigenvalue weighted by Gasteiger charge is 2.26. The van der Waals surface area contributed by atoms with Crippen molar-refractivity contribution in [2.45, 2.75) is 12.8 Å². The van der Waals surface area contributed by atoms with Crippen molar-refractivity contribution in [3.63, 3.8) is 0 Å². The number of amides is 1. The molecule has 0 aliphatic carbocycles. The number of carbonyl (C=O) groups is 1. The second-order valence-electron chi connectivity index (χ2n) is 4.46. The molecule has 5 nitrogen and oxygen atoms in total. The summed E-state index contributed by atoms with van der Waals surface area (Å²) in [5.74, 6) is 0.482. The van der Waals surface area contributed by atoms with E-state index in [0.29, 0.717) is 11.1 Å². The molecule has 1 aromatic rings. The summed E-state index contributed by atoms with van der Waals surface area (Å²) in [5.41, 5.74) is 0.883. The molecule has 0 saturated carbocycles. The van der Waals surface area contributed by atoms with E-state index in [0.717, 1.165) is 31.6 Å². The fourth-order valence-corrected chi connectivity index (χ4v) is 2.38. The maximum absolute atomic E-state index is 11.6. The van der Waals surface area contributed by atoms with E-state index in [1.807, 2.05) is 4.90 Å². The van der Waals surface area contributed by atoms with E-state index in [9.17, 15) is 4.79 Å². The maximum Gasteiger partial charge on any atom is 0.248 e. The SMILES string of the molecule is COCC(=O)N1CCC(Cc2cncc(Cl)n2)C1. The lowest BCUT2D eigenvalue weighted by atomic mass is 10.0. The quantitative estimate of drug-likeness (QED) is 0.823. The van der Waals surface area contributed by atoms with Crippen LogP contribution in [0, 0.1) is 5.92 Å². The molecule has 1 atom stereocenters. The summed E-state index contributed by atoms with van der Waals surface area (Å²) >= 11 is 5.80. The summed E-state index contributed by atoms with van der Waals surface area (Å²) < 4.78 is 4.85. The highest BCUT2D eigenvalue weighted by Crippen LogP contribution is 2.20. The molecule has 98 valence electrons. The first kappa shape index (κ1) is 13.2. The first-order valence-electron chi connectivity index (χ1n) is 5.92. The van der Waals surface area contributed by atoms with E-state index in [1.165, 1.54) is 13.3 Å². The Morgan fingerprint density at radius 3 is 3.17 bits per heavy atom. The third-order valence-corrected chi connectivity index (χ3v) is 3.24. The zero-order chi connectivity index (χ0) is 13.0. The molecule has 1 aliphatic rings. The van der Waals surface area contributed by atoms with Crippen molar-refractivity contribution in [2.75, 3.05) is 26.8 Å². The topological polar surface area (TPSA) is 55.3 Å². The van der Waals surface area contributed by atoms with Crippen LogP contribution in [-0.2, 0) is 16.0 Å². The minimum Gasteiger partial charge on any atom is -0.375 e. The molecule has 6 heteroatoms. The summed E-state index contributed by atoms with van der Waals surface area (Å²) in [6.45, 7) is 1.71. The van der Waals surface area contributed by atoms with Crippen molar-refractivity contribution < 1.29 is 9.53 Å². The van der Waals surface area contributed by atoms with Gasteiger partial charge in [0.25, 0.3) is 0 Å². The highest BCUT2D eigenvalue weighted by molar-refractivity contribution is 6.29. The summed E-state index contributed by atoms with van der Waals surface area (Å²) in [6.07, 6.45) is 5.05. The van der Waals surface area contributed by atoms with Gasteiger partial charge in [0.2, 0.25) is 5.91 Å². The van der Waals surface area contributed by atoms with Crippen molar-refractivity contribution in [1.82, 2.24) is 14.9 Å². The molecule has 0 spiro atoms. The number of likely N-dealkylation sites (tertiary alicyclic amines) is 1. The van der Waals surface area contributed by atoms with Crippen LogP contribution in [0.1, 0.15) is 12.1 Å². The van der Waals surface area contributed by atoms with Gasteiger partial charge in [-0.15, -0.1) is 0 Å². The predicted octanol–water partition coefficient (Wildman–Crippen LogP) is 1.17. The van der Waals surface area contributed by atoms with Crippen LogP contribution in [0.2, 0.25) is 5.15 Å². The minimum atomic E-state index is 0.0529. The lowest BCUT2D eigenvalue weighted by molar-refractivity contribution is -0.134. The van der Waals surface area contributed by atoms with Crippen LogP contribution in [-0.4, -0.2) is 47.6 Å². The number of nitrogens with zero attached hydrogens (tertiary/aromatic N) is 3. The van der Waals surface area contributed by atoms with Crippen molar-refractivity contribution >= 4 is 17.5 Å². The summed E-state index contributed by atoms with van der Waals surface area (Å²) in [6, 6.07) is 0. The molecule has 1 saturated heterocycles. The molecule has 0 aromatic carbocycles. The number of carbonyl (C=O) groups excluding carboxylic acids is 1. The second-order valence-corrected chi connectivity index (χ2v) is 4.85. The highest BCUT2D eigenvalue weighted by atomic mass is 35.5. The number of rotatable bonds is 4. The van der Waals surface area contributed by atoms with Crippen LogP contribution in [0.25, 0.3) is 0 Å². The first-order valence-corrected chi connectivity index (χ1v) is 6.30. The number of aromatic nitrogens is 2. The average molecular weight is 270 g/mol. The lowest BCUT2D eigenvalue weighted by Crippen LogP contribution is -2.31. The number of methoxy groups -OCH3 is 1. The molecule has 1 amide bonds. The van der Waals surface area contributed by atoms with Crippen LogP contribution >= 0.6 is 11.6 Å². The van der Waals surface area contributed by atoms with Gasteiger partial charge in [-0.1, -0.05) is 11.6 Å². The van der Waals surface area contributed by atoms with Gasteiger partial charge in [0.1, 0.15) is 11.8 Å². The zero-order valence-corrected chi connectivity index (χ0v) is 11.1. The Bertz CT molecular complexity index is 428. The van der Waals surface area contributed by atoms with Crippen LogP contribution < -0.4 is 0 Å². The molecule has 1 aromatic heterocycles.